The molecule has 41 heavy (non-hydrogen) atoms. The first kappa shape index (κ1) is 32.6. The topological polar surface area (TPSA) is 73.1 Å². The highest BCUT2D eigenvalue weighted by Crippen LogP contribution is 2.35. The second-order valence-electron chi connectivity index (χ2n) is 10.5. The average molecular weight is 591 g/mol. The molecular weight excluding hydrogens is 549 g/mol. The average Bonchev–Trinajstić information content (AvgIpc) is 2.93. The zero-order chi connectivity index (χ0) is 29.7. The summed E-state index contributed by atoms with van der Waals surface area (Å²) in [6.45, 7) is 3.36. The van der Waals surface area contributed by atoms with Crippen molar-refractivity contribution in [2.45, 2.75) is 83.9 Å². The van der Waals surface area contributed by atoms with Gasteiger partial charge in [0.05, 0.1) is 21.1 Å². The Bertz CT molecular complexity index is 1390. The molecule has 0 unspecified atom stereocenters. The van der Waals surface area contributed by atoms with Crippen molar-refractivity contribution >= 4 is 38.9 Å². The molecule has 0 aliphatic rings. The van der Waals surface area contributed by atoms with Crippen molar-refractivity contribution in [3.8, 4) is 0 Å². The van der Waals surface area contributed by atoms with Crippen LogP contribution in [0.1, 0.15) is 87.8 Å². The third-order valence-electron chi connectivity index (χ3n) is 7.16. The summed E-state index contributed by atoms with van der Waals surface area (Å²) in [5, 5.41) is 4.01. The molecule has 1 aromatic heterocycles. The number of para-hydroxylation sites is 1. The summed E-state index contributed by atoms with van der Waals surface area (Å²) in [4.78, 5) is 0. The van der Waals surface area contributed by atoms with Gasteiger partial charge in [0.1, 0.15) is 6.54 Å². The van der Waals surface area contributed by atoms with Gasteiger partial charge in [0, 0.05) is 36.5 Å². The van der Waals surface area contributed by atoms with Gasteiger partial charge in [-0.2, -0.15) is 17.7 Å². The maximum absolute atomic E-state index is 14.0. The number of pyridine rings is 1. The molecule has 0 spiro atoms. The summed E-state index contributed by atoms with van der Waals surface area (Å²) in [6.07, 6.45) is 10.7. The Hall–Kier alpha value is -2.91. The van der Waals surface area contributed by atoms with Gasteiger partial charge in [-0.1, -0.05) is 82.2 Å². The van der Waals surface area contributed by atoms with Crippen LogP contribution in [0.25, 0.3) is 23.1 Å². The molecule has 0 radical (unpaired) electrons. The van der Waals surface area contributed by atoms with Gasteiger partial charge in [0.25, 0.3) is 0 Å². The van der Waals surface area contributed by atoms with Crippen LogP contribution in [0, 0.1) is 0 Å². The molecule has 9 heteroatoms. The number of hydrogen-bond acceptors (Lipinski definition) is 4. The number of hydrogen-bond donors (Lipinski definition) is 1. The minimum atomic E-state index is -4.49. The highest BCUT2D eigenvalue weighted by molar-refractivity contribution is 7.85. The SMILES string of the molecule is CCCCCCCCCCNc1ccc(/C=C/c2cc[n+](CCCCS(=O)(=O)[O-])c3ccccc23)c(C(F)(F)F)c1. The van der Waals surface area contributed by atoms with E-state index in [9.17, 15) is 26.1 Å². The molecule has 0 amide bonds. The lowest BCUT2D eigenvalue weighted by atomic mass is 10.0. The zero-order valence-corrected chi connectivity index (χ0v) is 24.6. The van der Waals surface area contributed by atoms with Crippen molar-refractivity contribution < 1.29 is 30.7 Å². The monoisotopic (exact) mass is 590 g/mol. The van der Waals surface area contributed by atoms with E-state index in [1.807, 2.05) is 41.1 Å². The predicted molar refractivity (Wildman–Crippen MR) is 159 cm³/mol. The van der Waals surface area contributed by atoms with Crippen LogP contribution in [0.3, 0.4) is 0 Å². The molecule has 5 nitrogen and oxygen atoms in total. The fourth-order valence-electron chi connectivity index (χ4n) is 4.94. The Labute approximate surface area is 242 Å². The van der Waals surface area contributed by atoms with Crippen LogP contribution in [0.15, 0.2) is 54.7 Å². The van der Waals surface area contributed by atoms with Gasteiger partial charge in [0.15, 0.2) is 6.20 Å². The first-order valence-corrected chi connectivity index (χ1v) is 16.1. The van der Waals surface area contributed by atoms with Crippen LogP contribution >= 0.6 is 0 Å². The van der Waals surface area contributed by atoms with Gasteiger partial charge < -0.3 is 9.87 Å². The molecule has 0 saturated heterocycles. The van der Waals surface area contributed by atoms with E-state index in [-0.39, 0.29) is 12.0 Å². The highest BCUT2D eigenvalue weighted by atomic mass is 32.2. The van der Waals surface area contributed by atoms with Gasteiger partial charge >= 0.3 is 6.18 Å². The van der Waals surface area contributed by atoms with Crippen LogP contribution in [-0.2, 0) is 22.8 Å². The molecular formula is C32H41F3N2O3S. The van der Waals surface area contributed by atoms with Crippen molar-refractivity contribution in [2.75, 3.05) is 17.6 Å². The van der Waals surface area contributed by atoms with E-state index in [0.29, 0.717) is 25.2 Å². The zero-order valence-electron chi connectivity index (χ0n) is 23.8. The molecule has 1 N–H and O–H groups in total. The van der Waals surface area contributed by atoms with Gasteiger partial charge in [-0.05, 0) is 42.2 Å². The third kappa shape index (κ3) is 11.1. The van der Waals surface area contributed by atoms with Gasteiger partial charge in [0.2, 0.25) is 5.52 Å². The molecule has 0 bridgehead atoms. The van der Waals surface area contributed by atoms with Gasteiger partial charge in [-0.25, -0.2) is 8.42 Å². The molecule has 0 saturated carbocycles. The number of anilines is 1. The Morgan fingerprint density at radius 3 is 2.24 bits per heavy atom. The number of rotatable bonds is 17. The number of aryl methyl sites for hydroxylation is 1. The lowest BCUT2D eigenvalue weighted by Gasteiger charge is -2.14. The molecule has 2 aromatic carbocycles. The predicted octanol–water partition coefficient (Wildman–Crippen LogP) is 8.19. The Morgan fingerprint density at radius 1 is 0.854 bits per heavy atom. The van der Waals surface area contributed by atoms with Crippen molar-refractivity contribution in [3.05, 3.63) is 71.4 Å². The first-order chi connectivity index (χ1) is 19.6. The number of benzene rings is 2. The minimum Gasteiger partial charge on any atom is -0.748 e. The van der Waals surface area contributed by atoms with Crippen molar-refractivity contribution in [1.82, 2.24) is 0 Å². The second-order valence-corrected chi connectivity index (χ2v) is 12.0. The summed E-state index contributed by atoms with van der Waals surface area (Å²) < 4.78 is 76.5. The summed E-state index contributed by atoms with van der Waals surface area (Å²) >= 11 is 0. The maximum Gasteiger partial charge on any atom is 0.417 e. The normalized spacial score (nSPS) is 12.4. The molecule has 0 atom stereocenters. The standard InChI is InChI=1S/C32H41F3N2O3S/c1-2-3-4-5-6-7-8-11-21-36-28-19-18-27(30(25-28)32(33,34)35)17-16-26-20-23-37(22-12-13-24-41(38,39)40)31-15-10-9-14-29(26)31/h9-10,14-20,23,25H,2-8,11-13,21-22,24H2,1H3,(H,38,39,40). The van der Waals surface area contributed by atoms with Crippen LogP contribution in [-0.4, -0.2) is 25.3 Å². The second kappa shape index (κ2) is 15.9. The fraction of sp³-hybridized carbons (Fsp3) is 0.469. The van der Waals surface area contributed by atoms with Gasteiger partial charge in [-0.15, -0.1) is 0 Å². The van der Waals surface area contributed by atoms with E-state index in [4.69, 9.17) is 0 Å². The van der Waals surface area contributed by atoms with Crippen LogP contribution in [0.5, 0.6) is 0 Å². The number of alkyl halides is 3. The van der Waals surface area contributed by atoms with Crippen LogP contribution in [0.4, 0.5) is 18.9 Å². The lowest BCUT2D eigenvalue weighted by molar-refractivity contribution is -0.671. The summed E-state index contributed by atoms with van der Waals surface area (Å²) in [6, 6.07) is 13.8. The van der Waals surface area contributed by atoms with E-state index in [1.54, 1.807) is 12.1 Å². The van der Waals surface area contributed by atoms with Crippen molar-refractivity contribution in [1.29, 1.82) is 0 Å². The van der Waals surface area contributed by atoms with E-state index in [2.05, 4.69) is 12.2 Å². The van der Waals surface area contributed by atoms with Gasteiger partial charge in [-0.3, -0.25) is 0 Å². The molecule has 3 rings (SSSR count). The smallest absolute Gasteiger partial charge is 0.417 e. The Kier molecular flexibility index (Phi) is 12.7. The molecule has 1 heterocycles. The Morgan fingerprint density at radius 2 is 1.54 bits per heavy atom. The molecule has 0 aliphatic carbocycles. The fourth-order valence-corrected chi connectivity index (χ4v) is 5.50. The Balaban J connectivity index is 1.67. The van der Waals surface area contributed by atoms with E-state index in [1.165, 1.54) is 50.3 Å². The number of nitrogens with one attached hydrogen (secondary N) is 1. The van der Waals surface area contributed by atoms with Crippen LogP contribution in [0.2, 0.25) is 0 Å². The first-order valence-electron chi connectivity index (χ1n) is 14.6. The largest absolute Gasteiger partial charge is 0.748 e. The number of nitrogens with zero attached hydrogens (tertiary/aromatic N) is 1. The van der Waals surface area contributed by atoms with E-state index < -0.39 is 27.6 Å². The molecule has 0 aliphatic heterocycles. The van der Waals surface area contributed by atoms with Crippen LogP contribution < -0.4 is 9.88 Å². The van der Waals surface area contributed by atoms with E-state index >= 15 is 0 Å². The van der Waals surface area contributed by atoms with E-state index in [0.717, 1.165) is 35.7 Å². The lowest BCUT2D eigenvalue weighted by Crippen LogP contribution is -2.34. The van der Waals surface area contributed by atoms with Crippen molar-refractivity contribution in [3.63, 3.8) is 0 Å². The number of unbranched alkanes of at least 4 members (excludes halogenated alkanes) is 8. The number of aromatic nitrogens is 1. The number of halogens is 3. The summed E-state index contributed by atoms with van der Waals surface area (Å²) in [7, 11) is -4.24. The highest BCUT2D eigenvalue weighted by Gasteiger charge is 2.33. The number of fused-ring (bicyclic) bond motifs is 1. The third-order valence-corrected chi connectivity index (χ3v) is 7.95. The quantitative estimate of drug-likeness (QED) is 0.0977. The molecule has 0 fully saturated rings. The maximum atomic E-state index is 14.0. The van der Waals surface area contributed by atoms with Crippen molar-refractivity contribution in [2.24, 2.45) is 0 Å². The summed E-state index contributed by atoms with van der Waals surface area (Å²) in [5.41, 5.74) is 1.52. The molecule has 3 aromatic rings. The molecule has 224 valence electrons. The minimum absolute atomic E-state index is 0.0924. The summed E-state index contributed by atoms with van der Waals surface area (Å²) in [5.74, 6) is -0.401.